The van der Waals surface area contributed by atoms with Gasteiger partial charge in [0.05, 0.1) is 0 Å². The van der Waals surface area contributed by atoms with E-state index in [9.17, 15) is 5.11 Å². The molecule has 0 heterocycles. The standard InChI is InChI=1S/C15H16O/c1-11-8-14(10-15(16)9-11)12(2)13-6-4-3-5-7-13/h3-10,12,16H,1-2H3. The minimum Gasteiger partial charge on any atom is -0.508 e. The Bertz CT molecular complexity index is 454. The molecule has 0 radical (unpaired) electrons. The van der Waals surface area contributed by atoms with E-state index in [0.717, 1.165) is 11.1 Å². The van der Waals surface area contributed by atoms with Gasteiger partial charge in [-0.1, -0.05) is 43.3 Å². The van der Waals surface area contributed by atoms with E-state index in [2.05, 4.69) is 25.1 Å². The van der Waals surface area contributed by atoms with Crippen molar-refractivity contribution in [1.82, 2.24) is 0 Å². The SMILES string of the molecule is Cc1cc(O)cc(C(C)c2ccccc2)c1. The Labute approximate surface area is 96.4 Å². The van der Waals surface area contributed by atoms with Crippen molar-refractivity contribution in [3.63, 3.8) is 0 Å². The summed E-state index contributed by atoms with van der Waals surface area (Å²) in [6, 6.07) is 16.1. The van der Waals surface area contributed by atoms with Gasteiger partial charge in [0.1, 0.15) is 5.75 Å². The number of phenolic OH excluding ortho intramolecular Hbond substituents is 1. The molecule has 1 N–H and O–H groups in total. The lowest BCUT2D eigenvalue weighted by atomic mass is 9.92. The third-order valence-electron chi connectivity index (χ3n) is 2.88. The predicted molar refractivity (Wildman–Crippen MR) is 66.8 cm³/mol. The molecule has 2 aromatic carbocycles. The molecule has 0 bridgehead atoms. The summed E-state index contributed by atoms with van der Waals surface area (Å²) >= 11 is 0. The van der Waals surface area contributed by atoms with Crippen LogP contribution in [0.3, 0.4) is 0 Å². The molecule has 1 nitrogen and oxygen atoms in total. The van der Waals surface area contributed by atoms with Gasteiger partial charge in [0, 0.05) is 5.92 Å². The van der Waals surface area contributed by atoms with Crippen molar-refractivity contribution >= 4 is 0 Å². The molecule has 0 spiro atoms. The summed E-state index contributed by atoms with van der Waals surface area (Å²) in [6.45, 7) is 4.16. The molecule has 0 aromatic heterocycles. The quantitative estimate of drug-likeness (QED) is 0.801. The lowest BCUT2D eigenvalue weighted by Gasteiger charge is -2.13. The monoisotopic (exact) mass is 212 g/mol. The number of benzene rings is 2. The van der Waals surface area contributed by atoms with Gasteiger partial charge in [0.15, 0.2) is 0 Å². The van der Waals surface area contributed by atoms with E-state index < -0.39 is 0 Å². The second-order valence-corrected chi connectivity index (χ2v) is 4.23. The van der Waals surface area contributed by atoms with Gasteiger partial charge in [-0.2, -0.15) is 0 Å². The van der Waals surface area contributed by atoms with Crippen molar-refractivity contribution in [2.45, 2.75) is 19.8 Å². The van der Waals surface area contributed by atoms with Crippen LogP contribution in [0.2, 0.25) is 0 Å². The van der Waals surface area contributed by atoms with Crippen molar-refractivity contribution in [3.05, 3.63) is 65.2 Å². The van der Waals surface area contributed by atoms with Crippen LogP contribution in [0.5, 0.6) is 5.75 Å². The maximum absolute atomic E-state index is 9.59. The van der Waals surface area contributed by atoms with Crippen LogP contribution in [0.15, 0.2) is 48.5 Å². The Morgan fingerprint density at radius 1 is 0.938 bits per heavy atom. The molecule has 0 amide bonds. The molecular weight excluding hydrogens is 196 g/mol. The highest BCUT2D eigenvalue weighted by Gasteiger charge is 2.08. The summed E-state index contributed by atoms with van der Waals surface area (Å²) in [4.78, 5) is 0. The summed E-state index contributed by atoms with van der Waals surface area (Å²) in [5.41, 5.74) is 3.52. The van der Waals surface area contributed by atoms with Crippen molar-refractivity contribution in [2.24, 2.45) is 0 Å². The summed E-state index contributed by atoms with van der Waals surface area (Å²) in [5.74, 6) is 0.657. The first-order chi connectivity index (χ1) is 7.66. The first kappa shape index (κ1) is 10.7. The third-order valence-corrected chi connectivity index (χ3v) is 2.88. The minimum absolute atomic E-state index is 0.312. The van der Waals surface area contributed by atoms with E-state index >= 15 is 0 Å². The van der Waals surface area contributed by atoms with Gasteiger partial charge in [-0.05, 0) is 35.7 Å². The van der Waals surface area contributed by atoms with E-state index in [1.54, 1.807) is 6.07 Å². The van der Waals surface area contributed by atoms with Gasteiger partial charge < -0.3 is 5.11 Å². The molecule has 1 atom stereocenters. The second-order valence-electron chi connectivity index (χ2n) is 4.23. The van der Waals surface area contributed by atoms with Gasteiger partial charge in [-0.25, -0.2) is 0 Å². The van der Waals surface area contributed by atoms with Gasteiger partial charge in [-0.3, -0.25) is 0 Å². The number of hydrogen-bond donors (Lipinski definition) is 1. The molecule has 2 aromatic rings. The van der Waals surface area contributed by atoms with Crippen LogP contribution in [0, 0.1) is 6.92 Å². The van der Waals surface area contributed by atoms with E-state index in [4.69, 9.17) is 0 Å². The highest BCUT2D eigenvalue weighted by molar-refractivity contribution is 5.39. The van der Waals surface area contributed by atoms with E-state index in [1.165, 1.54) is 5.56 Å². The maximum Gasteiger partial charge on any atom is 0.116 e. The van der Waals surface area contributed by atoms with Gasteiger partial charge >= 0.3 is 0 Å². The Morgan fingerprint density at radius 3 is 2.25 bits per heavy atom. The maximum atomic E-state index is 9.59. The smallest absolute Gasteiger partial charge is 0.116 e. The van der Waals surface area contributed by atoms with Crippen LogP contribution >= 0.6 is 0 Å². The highest BCUT2D eigenvalue weighted by atomic mass is 16.3. The van der Waals surface area contributed by atoms with Crippen molar-refractivity contribution in [1.29, 1.82) is 0 Å². The second kappa shape index (κ2) is 4.40. The summed E-state index contributed by atoms with van der Waals surface area (Å²) in [7, 11) is 0. The highest BCUT2D eigenvalue weighted by Crippen LogP contribution is 2.27. The largest absolute Gasteiger partial charge is 0.508 e. The van der Waals surface area contributed by atoms with E-state index in [-0.39, 0.29) is 0 Å². The van der Waals surface area contributed by atoms with Crippen molar-refractivity contribution < 1.29 is 5.11 Å². The minimum atomic E-state index is 0.312. The van der Waals surface area contributed by atoms with Crippen LogP contribution in [0.25, 0.3) is 0 Å². The average Bonchev–Trinajstić information content (AvgIpc) is 2.28. The molecule has 0 saturated carbocycles. The number of phenols is 1. The number of aryl methyl sites for hydroxylation is 1. The Morgan fingerprint density at radius 2 is 1.62 bits per heavy atom. The summed E-state index contributed by atoms with van der Waals surface area (Å²) < 4.78 is 0. The first-order valence-electron chi connectivity index (χ1n) is 5.52. The van der Waals surface area contributed by atoms with Gasteiger partial charge in [0.25, 0.3) is 0 Å². The molecule has 0 aliphatic rings. The zero-order chi connectivity index (χ0) is 11.5. The lowest BCUT2D eigenvalue weighted by Crippen LogP contribution is -1.96. The molecular formula is C15H16O. The lowest BCUT2D eigenvalue weighted by molar-refractivity contribution is 0.474. The van der Waals surface area contributed by atoms with Crippen LogP contribution in [0.4, 0.5) is 0 Å². The van der Waals surface area contributed by atoms with Crippen molar-refractivity contribution in [2.75, 3.05) is 0 Å². The fourth-order valence-corrected chi connectivity index (χ4v) is 1.98. The molecule has 1 unspecified atom stereocenters. The van der Waals surface area contributed by atoms with E-state index in [0.29, 0.717) is 11.7 Å². The molecule has 16 heavy (non-hydrogen) atoms. The number of aromatic hydroxyl groups is 1. The predicted octanol–water partition coefficient (Wildman–Crippen LogP) is 3.85. The topological polar surface area (TPSA) is 20.2 Å². The molecule has 0 fully saturated rings. The first-order valence-corrected chi connectivity index (χ1v) is 5.52. The Hall–Kier alpha value is -1.76. The number of rotatable bonds is 2. The normalized spacial score (nSPS) is 12.4. The molecule has 82 valence electrons. The van der Waals surface area contributed by atoms with Crippen LogP contribution in [0.1, 0.15) is 29.5 Å². The third kappa shape index (κ3) is 2.25. The van der Waals surface area contributed by atoms with Crippen LogP contribution < -0.4 is 0 Å². The Balaban J connectivity index is 2.37. The van der Waals surface area contributed by atoms with Crippen molar-refractivity contribution in [3.8, 4) is 5.75 Å². The molecule has 0 aliphatic heterocycles. The number of hydrogen-bond acceptors (Lipinski definition) is 1. The zero-order valence-electron chi connectivity index (χ0n) is 9.64. The van der Waals surface area contributed by atoms with Crippen LogP contribution in [-0.4, -0.2) is 5.11 Å². The summed E-state index contributed by atoms with van der Waals surface area (Å²) in [5, 5.41) is 9.59. The zero-order valence-corrected chi connectivity index (χ0v) is 9.64. The molecule has 0 aliphatic carbocycles. The van der Waals surface area contributed by atoms with Gasteiger partial charge in [0.2, 0.25) is 0 Å². The average molecular weight is 212 g/mol. The Kier molecular flexibility index (Phi) is 2.95. The van der Waals surface area contributed by atoms with Crippen LogP contribution in [-0.2, 0) is 0 Å². The molecule has 0 saturated heterocycles. The van der Waals surface area contributed by atoms with Gasteiger partial charge in [-0.15, -0.1) is 0 Å². The summed E-state index contributed by atoms with van der Waals surface area (Å²) in [6.07, 6.45) is 0. The molecule has 1 heteroatoms. The molecule has 2 rings (SSSR count). The van der Waals surface area contributed by atoms with E-state index in [1.807, 2.05) is 31.2 Å². The fourth-order valence-electron chi connectivity index (χ4n) is 1.98. The fraction of sp³-hybridized carbons (Fsp3) is 0.200.